The quantitative estimate of drug-likeness (QED) is 0.504. The van der Waals surface area contributed by atoms with Crippen molar-refractivity contribution in [3.8, 4) is 5.69 Å². The van der Waals surface area contributed by atoms with Gasteiger partial charge in [0.15, 0.2) is 0 Å². The lowest BCUT2D eigenvalue weighted by molar-refractivity contribution is -0.119. The van der Waals surface area contributed by atoms with E-state index in [1.54, 1.807) is 4.68 Å². The van der Waals surface area contributed by atoms with E-state index in [1.807, 2.05) is 26.0 Å². The molecular formula is C19H29N5OS. The van der Waals surface area contributed by atoms with Crippen LogP contribution in [-0.4, -0.2) is 37.9 Å². The molecule has 0 aliphatic carbocycles. The number of unbranched alkanes of at least 4 members (excludes halogenated alkanes) is 3. The molecule has 2 rings (SSSR count). The average Bonchev–Trinajstić information content (AvgIpc) is 3.04. The van der Waals surface area contributed by atoms with Crippen molar-refractivity contribution in [2.75, 3.05) is 5.75 Å². The lowest BCUT2D eigenvalue weighted by Gasteiger charge is -2.13. The lowest BCUT2D eigenvalue weighted by atomic mass is 10.1. The van der Waals surface area contributed by atoms with Crippen LogP contribution in [0, 0.1) is 13.8 Å². The number of carbonyl (C=O) groups is 1. The molecule has 0 saturated carbocycles. The fourth-order valence-electron chi connectivity index (χ4n) is 2.90. The summed E-state index contributed by atoms with van der Waals surface area (Å²) in [6.07, 6.45) is 5.91. The third-order valence-electron chi connectivity index (χ3n) is 4.12. The summed E-state index contributed by atoms with van der Waals surface area (Å²) < 4.78 is 1.69. The number of amides is 1. The zero-order valence-corrected chi connectivity index (χ0v) is 17.0. The number of aryl methyl sites for hydroxylation is 2. The van der Waals surface area contributed by atoms with E-state index in [0.29, 0.717) is 10.9 Å². The summed E-state index contributed by atoms with van der Waals surface area (Å²) >= 11 is 1.36. The standard InChI is InChI=1S/C19H29N5OS/c1-5-6-7-8-9-16(4)20-18(25)13-26-19-21-22-23-24(19)17-11-14(2)10-15(3)12-17/h10-12,16H,5-9,13H2,1-4H3,(H,20,25)/t16-/m0/s1. The van der Waals surface area contributed by atoms with Gasteiger partial charge in [-0.3, -0.25) is 4.79 Å². The van der Waals surface area contributed by atoms with Crippen molar-refractivity contribution in [3.63, 3.8) is 0 Å². The van der Waals surface area contributed by atoms with Gasteiger partial charge < -0.3 is 5.32 Å². The first-order valence-electron chi connectivity index (χ1n) is 9.28. The van der Waals surface area contributed by atoms with Gasteiger partial charge in [-0.15, -0.1) is 5.10 Å². The van der Waals surface area contributed by atoms with Crippen LogP contribution in [0.1, 0.15) is 57.1 Å². The van der Waals surface area contributed by atoms with Gasteiger partial charge in [-0.2, -0.15) is 4.68 Å². The Balaban J connectivity index is 1.86. The first kappa shape index (κ1) is 20.4. The predicted octanol–water partition coefficient (Wildman–Crippen LogP) is 3.85. The zero-order chi connectivity index (χ0) is 18.9. The van der Waals surface area contributed by atoms with Crippen molar-refractivity contribution in [3.05, 3.63) is 29.3 Å². The van der Waals surface area contributed by atoms with E-state index in [1.165, 1.54) is 31.0 Å². The average molecular weight is 376 g/mol. The monoisotopic (exact) mass is 375 g/mol. The molecule has 26 heavy (non-hydrogen) atoms. The maximum absolute atomic E-state index is 12.2. The van der Waals surface area contributed by atoms with Gasteiger partial charge in [0.25, 0.3) is 0 Å². The lowest BCUT2D eigenvalue weighted by Crippen LogP contribution is -2.33. The molecule has 1 aromatic heterocycles. The molecule has 7 heteroatoms. The summed E-state index contributed by atoms with van der Waals surface area (Å²) in [7, 11) is 0. The van der Waals surface area contributed by atoms with Gasteiger partial charge in [0.2, 0.25) is 11.1 Å². The molecule has 0 aliphatic heterocycles. The van der Waals surface area contributed by atoms with Gasteiger partial charge >= 0.3 is 0 Å². The summed E-state index contributed by atoms with van der Waals surface area (Å²) in [5, 5.41) is 15.6. The number of hydrogen-bond donors (Lipinski definition) is 1. The van der Waals surface area contributed by atoms with E-state index >= 15 is 0 Å². The van der Waals surface area contributed by atoms with Crippen molar-refractivity contribution in [1.29, 1.82) is 0 Å². The molecule has 1 heterocycles. The topological polar surface area (TPSA) is 72.7 Å². The highest BCUT2D eigenvalue weighted by atomic mass is 32.2. The van der Waals surface area contributed by atoms with Crippen LogP contribution in [0.5, 0.6) is 0 Å². The number of aromatic nitrogens is 4. The second kappa shape index (κ2) is 10.3. The molecule has 0 unspecified atom stereocenters. The maximum Gasteiger partial charge on any atom is 0.230 e. The second-order valence-electron chi connectivity index (χ2n) is 6.83. The molecule has 0 saturated heterocycles. The number of rotatable bonds is 10. The molecule has 1 atom stereocenters. The number of carbonyl (C=O) groups excluding carboxylic acids is 1. The van der Waals surface area contributed by atoms with E-state index in [0.717, 1.165) is 29.7 Å². The molecule has 0 aliphatic rings. The number of tetrazole rings is 1. The molecule has 142 valence electrons. The van der Waals surface area contributed by atoms with Gasteiger partial charge in [0, 0.05) is 6.04 Å². The highest BCUT2D eigenvalue weighted by molar-refractivity contribution is 7.99. The Morgan fingerprint density at radius 3 is 2.62 bits per heavy atom. The Morgan fingerprint density at radius 2 is 1.92 bits per heavy atom. The van der Waals surface area contributed by atoms with Crippen molar-refractivity contribution in [2.45, 2.75) is 71.0 Å². The van der Waals surface area contributed by atoms with Gasteiger partial charge in [-0.1, -0.05) is 50.4 Å². The summed E-state index contributed by atoms with van der Waals surface area (Å²) in [5.74, 6) is 0.331. The third kappa shape index (κ3) is 6.44. The number of benzene rings is 1. The van der Waals surface area contributed by atoms with E-state index in [2.05, 4.69) is 40.8 Å². The Hall–Kier alpha value is -1.89. The van der Waals surface area contributed by atoms with Crippen molar-refractivity contribution < 1.29 is 4.79 Å². The molecule has 6 nitrogen and oxygen atoms in total. The molecule has 1 N–H and O–H groups in total. The van der Waals surface area contributed by atoms with Gasteiger partial charge in [-0.25, -0.2) is 0 Å². The van der Waals surface area contributed by atoms with Crippen molar-refractivity contribution >= 4 is 17.7 Å². The fourth-order valence-corrected chi connectivity index (χ4v) is 3.60. The summed E-state index contributed by atoms with van der Waals surface area (Å²) in [4.78, 5) is 12.2. The minimum absolute atomic E-state index is 0.0213. The first-order chi connectivity index (χ1) is 12.5. The Morgan fingerprint density at radius 1 is 1.19 bits per heavy atom. The Kier molecular flexibility index (Phi) is 8.09. The molecule has 0 fully saturated rings. The van der Waals surface area contributed by atoms with Crippen LogP contribution >= 0.6 is 11.8 Å². The summed E-state index contributed by atoms with van der Waals surface area (Å²) in [5.41, 5.74) is 3.22. The van der Waals surface area contributed by atoms with Crippen molar-refractivity contribution in [1.82, 2.24) is 25.5 Å². The van der Waals surface area contributed by atoms with Crippen LogP contribution in [-0.2, 0) is 4.79 Å². The molecule has 0 spiro atoms. The molecular weight excluding hydrogens is 346 g/mol. The van der Waals surface area contributed by atoms with E-state index < -0.39 is 0 Å². The number of thioether (sulfide) groups is 1. The van der Waals surface area contributed by atoms with Crippen LogP contribution in [0.25, 0.3) is 5.69 Å². The van der Waals surface area contributed by atoms with Gasteiger partial charge in [0.1, 0.15) is 0 Å². The number of nitrogens with zero attached hydrogens (tertiary/aromatic N) is 4. The smallest absolute Gasteiger partial charge is 0.230 e. The molecule has 1 aromatic carbocycles. The SMILES string of the molecule is CCCCCC[C@H](C)NC(=O)CSc1nnnn1-c1cc(C)cc(C)c1. The minimum atomic E-state index is 0.0213. The summed E-state index contributed by atoms with van der Waals surface area (Å²) in [6, 6.07) is 6.38. The van der Waals surface area contributed by atoms with E-state index in [-0.39, 0.29) is 11.9 Å². The predicted molar refractivity (Wildman–Crippen MR) is 106 cm³/mol. The zero-order valence-electron chi connectivity index (χ0n) is 16.2. The van der Waals surface area contributed by atoms with Crippen LogP contribution in [0.4, 0.5) is 0 Å². The highest BCUT2D eigenvalue weighted by Gasteiger charge is 2.13. The number of hydrogen-bond acceptors (Lipinski definition) is 5. The highest BCUT2D eigenvalue weighted by Crippen LogP contribution is 2.20. The van der Waals surface area contributed by atoms with E-state index in [4.69, 9.17) is 0 Å². The summed E-state index contributed by atoms with van der Waals surface area (Å²) in [6.45, 7) is 8.36. The van der Waals surface area contributed by atoms with Crippen molar-refractivity contribution in [2.24, 2.45) is 0 Å². The largest absolute Gasteiger partial charge is 0.353 e. The molecule has 2 aromatic rings. The second-order valence-corrected chi connectivity index (χ2v) is 7.77. The first-order valence-corrected chi connectivity index (χ1v) is 10.3. The molecule has 1 amide bonds. The minimum Gasteiger partial charge on any atom is -0.353 e. The fraction of sp³-hybridized carbons (Fsp3) is 0.579. The van der Waals surface area contributed by atoms with Crippen LogP contribution in [0.2, 0.25) is 0 Å². The van der Waals surface area contributed by atoms with Crippen LogP contribution in [0.15, 0.2) is 23.4 Å². The normalized spacial score (nSPS) is 12.2. The molecule has 0 radical (unpaired) electrons. The van der Waals surface area contributed by atoms with Crippen LogP contribution < -0.4 is 5.32 Å². The van der Waals surface area contributed by atoms with Gasteiger partial charge in [-0.05, 0) is 60.9 Å². The van der Waals surface area contributed by atoms with E-state index in [9.17, 15) is 4.79 Å². The maximum atomic E-state index is 12.2. The van der Waals surface area contributed by atoms with Gasteiger partial charge in [0.05, 0.1) is 11.4 Å². The molecule has 0 bridgehead atoms. The third-order valence-corrected chi connectivity index (χ3v) is 5.04. The van der Waals surface area contributed by atoms with Crippen LogP contribution in [0.3, 0.4) is 0 Å². The Labute approximate surface area is 160 Å². The Bertz CT molecular complexity index is 695. The number of nitrogens with one attached hydrogen (secondary N) is 1.